The van der Waals surface area contributed by atoms with Crippen LogP contribution in [0.2, 0.25) is 0 Å². The average Bonchev–Trinajstić information content (AvgIpc) is 3.03. The molecule has 6 heteroatoms. The van der Waals surface area contributed by atoms with E-state index in [0.29, 0.717) is 6.54 Å². The van der Waals surface area contributed by atoms with E-state index in [2.05, 4.69) is 60.8 Å². The van der Waals surface area contributed by atoms with Crippen molar-refractivity contribution < 1.29 is 0 Å². The molecule has 0 saturated heterocycles. The van der Waals surface area contributed by atoms with E-state index in [1.54, 1.807) is 11.3 Å². The molecule has 0 aliphatic carbocycles. The molecule has 0 unspecified atom stereocenters. The van der Waals surface area contributed by atoms with Gasteiger partial charge in [0.1, 0.15) is 0 Å². The fourth-order valence-corrected chi connectivity index (χ4v) is 3.18. The van der Waals surface area contributed by atoms with Crippen LogP contribution in [0.4, 0.5) is 0 Å². The molecule has 25 heavy (non-hydrogen) atoms. The number of hydrogen-bond acceptors (Lipinski definition) is 3. The van der Waals surface area contributed by atoms with Gasteiger partial charge in [0, 0.05) is 30.3 Å². The lowest BCUT2D eigenvalue weighted by Crippen LogP contribution is -2.38. The van der Waals surface area contributed by atoms with Crippen LogP contribution in [0.3, 0.4) is 0 Å². The third-order valence-corrected chi connectivity index (χ3v) is 4.47. The smallest absolute Gasteiger partial charge is 0.191 e. The zero-order valence-corrected chi connectivity index (χ0v) is 18.7. The summed E-state index contributed by atoms with van der Waals surface area (Å²) in [4.78, 5) is 9.37. The van der Waals surface area contributed by atoms with E-state index >= 15 is 0 Å². The fourth-order valence-electron chi connectivity index (χ4n) is 2.15. The van der Waals surface area contributed by atoms with Crippen LogP contribution < -0.4 is 10.6 Å². The van der Waals surface area contributed by atoms with Crippen LogP contribution >= 0.6 is 35.3 Å². The minimum atomic E-state index is 0. The third-order valence-electron chi connectivity index (χ3n) is 3.56. The van der Waals surface area contributed by atoms with Gasteiger partial charge in [-0.25, -0.2) is 9.98 Å². The highest BCUT2D eigenvalue weighted by Gasteiger charge is 2.17. The summed E-state index contributed by atoms with van der Waals surface area (Å²) >= 11 is 1.74. The van der Waals surface area contributed by atoms with Gasteiger partial charge in [-0.1, -0.05) is 51.1 Å². The average molecular weight is 472 g/mol. The first kappa shape index (κ1) is 21.9. The Morgan fingerprint density at radius 1 is 1.16 bits per heavy atom. The van der Waals surface area contributed by atoms with E-state index in [1.807, 2.05) is 18.2 Å². The van der Waals surface area contributed by atoms with Crippen molar-refractivity contribution in [2.75, 3.05) is 13.1 Å². The van der Waals surface area contributed by atoms with Crippen molar-refractivity contribution in [2.45, 2.75) is 46.1 Å². The molecule has 0 saturated carbocycles. The fraction of sp³-hybridized carbons (Fsp3) is 0.474. The second kappa shape index (κ2) is 10.8. The van der Waals surface area contributed by atoms with Crippen molar-refractivity contribution in [3.63, 3.8) is 0 Å². The van der Waals surface area contributed by atoms with Crippen molar-refractivity contribution >= 4 is 41.3 Å². The van der Waals surface area contributed by atoms with Crippen molar-refractivity contribution in [2.24, 2.45) is 4.99 Å². The van der Waals surface area contributed by atoms with Crippen LogP contribution in [-0.2, 0) is 18.4 Å². The number of nitrogens with zero attached hydrogens (tertiary/aromatic N) is 2. The first-order chi connectivity index (χ1) is 11.5. The number of benzene rings is 1. The predicted octanol–water partition coefficient (Wildman–Crippen LogP) is 4.36. The molecule has 0 fully saturated rings. The molecule has 1 aromatic carbocycles. The Morgan fingerprint density at radius 2 is 1.88 bits per heavy atom. The number of aromatic nitrogens is 1. The second-order valence-electron chi connectivity index (χ2n) is 6.73. The van der Waals surface area contributed by atoms with E-state index in [4.69, 9.17) is 4.98 Å². The Labute approximate surface area is 172 Å². The topological polar surface area (TPSA) is 49.3 Å². The largest absolute Gasteiger partial charge is 0.357 e. The number of nitrogens with one attached hydrogen (secondary N) is 2. The van der Waals surface area contributed by atoms with Crippen LogP contribution in [0, 0.1) is 0 Å². The Kier molecular flexibility index (Phi) is 9.42. The predicted molar refractivity (Wildman–Crippen MR) is 119 cm³/mol. The second-order valence-corrected chi connectivity index (χ2v) is 7.68. The van der Waals surface area contributed by atoms with Crippen LogP contribution in [0.5, 0.6) is 0 Å². The first-order valence-electron chi connectivity index (χ1n) is 8.50. The molecule has 0 aliphatic rings. The summed E-state index contributed by atoms with van der Waals surface area (Å²) in [6, 6.07) is 10.3. The van der Waals surface area contributed by atoms with Gasteiger partial charge in [0.25, 0.3) is 0 Å². The molecule has 2 rings (SSSR count). The zero-order chi connectivity index (χ0) is 17.4. The van der Waals surface area contributed by atoms with Crippen molar-refractivity contribution in [3.8, 4) is 0 Å². The summed E-state index contributed by atoms with van der Waals surface area (Å²) in [7, 11) is 0. The molecule has 1 heterocycles. The summed E-state index contributed by atoms with van der Waals surface area (Å²) in [6.07, 6.45) is 0.913. The van der Waals surface area contributed by atoms with Gasteiger partial charge in [0.05, 0.1) is 17.2 Å². The molecular formula is C19H29IN4S. The Morgan fingerprint density at radius 3 is 2.48 bits per heavy atom. The van der Waals surface area contributed by atoms with E-state index in [1.165, 1.54) is 16.3 Å². The van der Waals surface area contributed by atoms with Crippen molar-refractivity contribution in [3.05, 3.63) is 52.0 Å². The van der Waals surface area contributed by atoms with Gasteiger partial charge in [-0.15, -0.1) is 35.3 Å². The van der Waals surface area contributed by atoms with Gasteiger partial charge in [0.15, 0.2) is 5.96 Å². The van der Waals surface area contributed by atoms with E-state index < -0.39 is 0 Å². The molecule has 0 amide bonds. The summed E-state index contributed by atoms with van der Waals surface area (Å²) in [5.74, 6) is 0.856. The van der Waals surface area contributed by atoms with E-state index in [9.17, 15) is 0 Å². The van der Waals surface area contributed by atoms with Crippen LogP contribution in [0.15, 0.2) is 40.7 Å². The van der Waals surface area contributed by atoms with E-state index in [-0.39, 0.29) is 29.4 Å². The molecule has 0 atom stereocenters. The number of thiazole rings is 1. The van der Waals surface area contributed by atoms with Crippen LogP contribution in [0.25, 0.3) is 0 Å². The number of halogens is 1. The van der Waals surface area contributed by atoms with Gasteiger partial charge >= 0.3 is 0 Å². The zero-order valence-electron chi connectivity index (χ0n) is 15.5. The highest BCUT2D eigenvalue weighted by Crippen LogP contribution is 2.23. The number of guanidine groups is 1. The first-order valence-corrected chi connectivity index (χ1v) is 9.38. The van der Waals surface area contributed by atoms with Gasteiger partial charge < -0.3 is 10.6 Å². The molecule has 0 radical (unpaired) electrons. The van der Waals surface area contributed by atoms with Crippen LogP contribution in [0.1, 0.15) is 44.0 Å². The lowest BCUT2D eigenvalue weighted by molar-refractivity contribution is 0.570. The molecule has 138 valence electrons. The monoisotopic (exact) mass is 472 g/mol. The highest BCUT2D eigenvalue weighted by atomic mass is 127. The van der Waals surface area contributed by atoms with Gasteiger partial charge in [-0.2, -0.15) is 0 Å². The molecule has 2 N–H and O–H groups in total. The summed E-state index contributed by atoms with van der Waals surface area (Å²) in [5.41, 5.74) is 2.51. The molecular weight excluding hydrogens is 443 g/mol. The standard InChI is InChI=1S/C19H28N4S.HI/c1-5-20-18(22-13-15-9-7-6-8-10-15)21-12-11-17-23-16(14-24-17)19(2,3)4;/h6-10,14H,5,11-13H2,1-4H3,(H2,20,21,22);1H. The minimum Gasteiger partial charge on any atom is -0.357 e. The lowest BCUT2D eigenvalue weighted by atomic mass is 9.93. The maximum Gasteiger partial charge on any atom is 0.191 e. The van der Waals surface area contributed by atoms with Gasteiger partial charge in [0.2, 0.25) is 0 Å². The normalized spacial score (nSPS) is 11.8. The molecule has 0 bridgehead atoms. The Bertz CT molecular complexity index is 647. The maximum absolute atomic E-state index is 4.74. The Hall–Kier alpha value is -1.15. The number of hydrogen-bond donors (Lipinski definition) is 2. The number of aliphatic imine (C=N–C) groups is 1. The molecule has 0 spiro atoms. The maximum atomic E-state index is 4.74. The molecule has 1 aromatic heterocycles. The Balaban J connectivity index is 0.00000312. The molecule has 2 aromatic rings. The quantitative estimate of drug-likeness (QED) is 0.373. The van der Waals surface area contributed by atoms with Crippen molar-refractivity contribution in [1.29, 1.82) is 0 Å². The van der Waals surface area contributed by atoms with E-state index in [0.717, 1.165) is 25.5 Å². The van der Waals surface area contributed by atoms with Crippen molar-refractivity contribution in [1.82, 2.24) is 15.6 Å². The summed E-state index contributed by atoms with van der Waals surface area (Å²) in [5, 5.41) is 10.0. The summed E-state index contributed by atoms with van der Waals surface area (Å²) in [6.45, 7) is 11.0. The third kappa shape index (κ3) is 7.73. The van der Waals surface area contributed by atoms with Gasteiger partial charge in [-0.3, -0.25) is 0 Å². The molecule has 4 nitrogen and oxygen atoms in total. The highest BCUT2D eigenvalue weighted by molar-refractivity contribution is 14.0. The lowest BCUT2D eigenvalue weighted by Gasteiger charge is -2.14. The summed E-state index contributed by atoms with van der Waals surface area (Å²) < 4.78 is 0. The molecule has 0 aliphatic heterocycles. The SMILES string of the molecule is CCNC(=NCc1ccccc1)NCCc1nc(C(C)(C)C)cs1.I. The van der Waals surface area contributed by atoms with Crippen LogP contribution in [-0.4, -0.2) is 24.0 Å². The minimum absolute atomic E-state index is 0. The van der Waals surface area contributed by atoms with Gasteiger partial charge in [-0.05, 0) is 12.5 Å². The number of rotatable bonds is 6.